The maximum Gasteiger partial charge on any atom is 0.323 e. The van der Waals surface area contributed by atoms with E-state index in [-0.39, 0.29) is 18.0 Å². The molecule has 0 amide bonds. The molecule has 1 aliphatic carbocycles. The minimum absolute atomic E-state index is 0.0543. The molecule has 0 spiro atoms. The van der Waals surface area contributed by atoms with Crippen LogP contribution in [0, 0.1) is 5.92 Å². The summed E-state index contributed by atoms with van der Waals surface area (Å²) >= 11 is 0. The average molecular weight is 229 g/mol. The van der Waals surface area contributed by atoms with Crippen molar-refractivity contribution in [2.45, 2.75) is 64.2 Å². The van der Waals surface area contributed by atoms with E-state index < -0.39 is 11.6 Å². The number of hydrogen-bond acceptors (Lipinski definition) is 4. The average Bonchev–Trinajstić information content (AvgIpc) is 2.14. The van der Waals surface area contributed by atoms with Crippen molar-refractivity contribution in [1.82, 2.24) is 0 Å². The van der Waals surface area contributed by atoms with Crippen molar-refractivity contribution in [1.29, 1.82) is 0 Å². The molecule has 16 heavy (non-hydrogen) atoms. The first-order valence-electron chi connectivity index (χ1n) is 5.96. The van der Waals surface area contributed by atoms with Gasteiger partial charge in [0.15, 0.2) is 0 Å². The van der Waals surface area contributed by atoms with Crippen molar-refractivity contribution in [2.75, 3.05) is 0 Å². The van der Waals surface area contributed by atoms with Crippen LogP contribution < -0.4 is 5.73 Å². The summed E-state index contributed by atoms with van der Waals surface area (Å²) < 4.78 is 5.24. The van der Waals surface area contributed by atoms with Gasteiger partial charge in [0.05, 0.1) is 6.10 Å². The molecule has 0 aromatic heterocycles. The Morgan fingerprint density at radius 1 is 1.44 bits per heavy atom. The molecule has 94 valence electrons. The zero-order valence-corrected chi connectivity index (χ0v) is 10.4. The summed E-state index contributed by atoms with van der Waals surface area (Å²) in [4.78, 5) is 11.7. The molecule has 1 fully saturated rings. The fraction of sp³-hybridized carbons (Fsp3) is 0.917. The number of carbonyl (C=O) groups is 1. The Labute approximate surface area is 97.2 Å². The Balaban J connectivity index is 2.49. The summed E-state index contributed by atoms with van der Waals surface area (Å²) in [5.41, 5.74) is 5.38. The molecule has 0 unspecified atom stereocenters. The van der Waals surface area contributed by atoms with Crippen LogP contribution >= 0.6 is 0 Å². The second kappa shape index (κ2) is 5.15. The molecule has 0 radical (unpaired) electrons. The maximum atomic E-state index is 11.7. The minimum atomic E-state index is -0.603. The fourth-order valence-corrected chi connectivity index (χ4v) is 2.09. The van der Waals surface area contributed by atoms with Crippen LogP contribution in [0.15, 0.2) is 0 Å². The SMILES string of the molecule is CC(C)(C)OC(=O)[C@@H](N)[C@H]1CCC[C@@H](O)C1. The molecule has 0 aromatic rings. The van der Waals surface area contributed by atoms with E-state index in [2.05, 4.69) is 0 Å². The lowest BCUT2D eigenvalue weighted by Crippen LogP contribution is -2.44. The van der Waals surface area contributed by atoms with Crippen LogP contribution in [0.5, 0.6) is 0 Å². The summed E-state index contributed by atoms with van der Waals surface area (Å²) in [6.45, 7) is 5.48. The Bertz CT molecular complexity index is 247. The predicted octanol–water partition coefficient (Wildman–Crippen LogP) is 1.21. The van der Waals surface area contributed by atoms with Crippen LogP contribution in [0.4, 0.5) is 0 Å². The van der Waals surface area contributed by atoms with Crippen LogP contribution in [0.3, 0.4) is 0 Å². The van der Waals surface area contributed by atoms with Crippen molar-refractivity contribution in [3.8, 4) is 0 Å². The molecular formula is C12H23NO3. The van der Waals surface area contributed by atoms with Crippen LogP contribution in [-0.2, 0) is 9.53 Å². The molecule has 3 N–H and O–H groups in total. The summed E-state index contributed by atoms with van der Waals surface area (Å²) in [6, 6.07) is -0.603. The van der Waals surface area contributed by atoms with Gasteiger partial charge in [-0.15, -0.1) is 0 Å². The van der Waals surface area contributed by atoms with E-state index in [1.54, 1.807) is 0 Å². The van der Waals surface area contributed by atoms with E-state index in [1.807, 2.05) is 20.8 Å². The Kier molecular flexibility index (Phi) is 4.33. The molecule has 1 saturated carbocycles. The molecule has 0 bridgehead atoms. The standard InChI is InChI=1S/C12H23NO3/c1-12(2,3)16-11(15)10(13)8-5-4-6-9(14)7-8/h8-10,14H,4-7,13H2,1-3H3/t8-,9+,10-/m0/s1. The largest absolute Gasteiger partial charge is 0.459 e. The highest BCUT2D eigenvalue weighted by atomic mass is 16.6. The van der Waals surface area contributed by atoms with Crippen LogP contribution in [0.2, 0.25) is 0 Å². The Hall–Kier alpha value is -0.610. The summed E-state index contributed by atoms with van der Waals surface area (Å²) in [5.74, 6) is -0.301. The predicted molar refractivity (Wildman–Crippen MR) is 61.8 cm³/mol. The van der Waals surface area contributed by atoms with Crippen LogP contribution in [-0.4, -0.2) is 28.8 Å². The van der Waals surface area contributed by atoms with E-state index in [0.717, 1.165) is 19.3 Å². The van der Waals surface area contributed by atoms with E-state index in [9.17, 15) is 9.90 Å². The highest BCUT2D eigenvalue weighted by Crippen LogP contribution is 2.27. The van der Waals surface area contributed by atoms with Crippen molar-refractivity contribution >= 4 is 5.97 Å². The van der Waals surface area contributed by atoms with Gasteiger partial charge in [0.1, 0.15) is 11.6 Å². The van der Waals surface area contributed by atoms with Gasteiger partial charge in [-0.3, -0.25) is 4.79 Å². The highest BCUT2D eigenvalue weighted by Gasteiger charge is 2.32. The molecule has 1 rings (SSSR count). The molecule has 4 heteroatoms. The first-order valence-corrected chi connectivity index (χ1v) is 5.96. The third-order valence-electron chi connectivity index (χ3n) is 2.87. The van der Waals surface area contributed by atoms with Gasteiger partial charge < -0.3 is 15.6 Å². The molecule has 0 aliphatic heterocycles. The van der Waals surface area contributed by atoms with E-state index in [4.69, 9.17) is 10.5 Å². The zero-order valence-electron chi connectivity index (χ0n) is 10.4. The van der Waals surface area contributed by atoms with Crippen LogP contribution in [0.25, 0.3) is 0 Å². The number of ether oxygens (including phenoxy) is 1. The first kappa shape index (κ1) is 13.5. The second-order valence-electron chi connectivity index (χ2n) is 5.64. The fourth-order valence-electron chi connectivity index (χ4n) is 2.09. The molecule has 0 saturated heterocycles. The topological polar surface area (TPSA) is 72.5 Å². The zero-order chi connectivity index (χ0) is 12.3. The number of hydrogen-bond donors (Lipinski definition) is 2. The Morgan fingerprint density at radius 3 is 2.56 bits per heavy atom. The van der Waals surface area contributed by atoms with Gasteiger partial charge in [-0.1, -0.05) is 6.42 Å². The van der Waals surface area contributed by atoms with Gasteiger partial charge in [-0.2, -0.15) is 0 Å². The summed E-state index contributed by atoms with van der Waals surface area (Å²) in [6.07, 6.45) is 2.95. The third kappa shape index (κ3) is 4.10. The normalized spacial score (nSPS) is 28.6. The smallest absolute Gasteiger partial charge is 0.323 e. The van der Waals surface area contributed by atoms with E-state index in [1.165, 1.54) is 0 Å². The molecule has 4 nitrogen and oxygen atoms in total. The molecule has 3 atom stereocenters. The highest BCUT2D eigenvalue weighted by molar-refractivity contribution is 5.76. The molecular weight excluding hydrogens is 206 g/mol. The maximum absolute atomic E-state index is 11.7. The molecule has 0 heterocycles. The molecule has 0 aromatic carbocycles. The Morgan fingerprint density at radius 2 is 2.06 bits per heavy atom. The lowest BCUT2D eigenvalue weighted by atomic mass is 9.82. The number of esters is 1. The van der Waals surface area contributed by atoms with Gasteiger partial charge in [0.25, 0.3) is 0 Å². The van der Waals surface area contributed by atoms with Gasteiger partial charge in [-0.05, 0) is 46.0 Å². The lowest BCUT2D eigenvalue weighted by molar-refractivity contribution is -0.158. The summed E-state index contributed by atoms with van der Waals surface area (Å²) in [7, 11) is 0. The number of rotatable bonds is 2. The van der Waals surface area contributed by atoms with Crippen molar-refractivity contribution in [3.63, 3.8) is 0 Å². The van der Waals surface area contributed by atoms with Crippen molar-refractivity contribution in [2.24, 2.45) is 11.7 Å². The van der Waals surface area contributed by atoms with E-state index in [0.29, 0.717) is 6.42 Å². The lowest BCUT2D eigenvalue weighted by Gasteiger charge is -2.31. The minimum Gasteiger partial charge on any atom is -0.459 e. The van der Waals surface area contributed by atoms with Gasteiger partial charge in [0, 0.05) is 0 Å². The monoisotopic (exact) mass is 229 g/mol. The van der Waals surface area contributed by atoms with E-state index >= 15 is 0 Å². The number of aliphatic hydroxyl groups excluding tert-OH is 1. The molecule has 1 aliphatic rings. The van der Waals surface area contributed by atoms with Gasteiger partial charge in [0.2, 0.25) is 0 Å². The van der Waals surface area contributed by atoms with Gasteiger partial charge in [-0.25, -0.2) is 0 Å². The van der Waals surface area contributed by atoms with Crippen molar-refractivity contribution < 1.29 is 14.6 Å². The number of nitrogens with two attached hydrogens (primary N) is 1. The van der Waals surface area contributed by atoms with Gasteiger partial charge >= 0.3 is 5.97 Å². The second-order valence-corrected chi connectivity index (χ2v) is 5.64. The number of carbonyl (C=O) groups excluding carboxylic acids is 1. The summed E-state index contributed by atoms with van der Waals surface area (Å²) in [5, 5.41) is 9.54. The third-order valence-corrected chi connectivity index (χ3v) is 2.87. The van der Waals surface area contributed by atoms with Crippen LogP contribution in [0.1, 0.15) is 46.5 Å². The first-order chi connectivity index (χ1) is 7.29. The number of aliphatic hydroxyl groups is 1. The van der Waals surface area contributed by atoms with Crippen molar-refractivity contribution in [3.05, 3.63) is 0 Å². The quantitative estimate of drug-likeness (QED) is 0.698.